The molecular weight excluding hydrogens is 188 g/mol. The summed E-state index contributed by atoms with van der Waals surface area (Å²) in [6.45, 7) is 14.4. The van der Waals surface area contributed by atoms with E-state index < -0.39 is 0 Å². The normalized spacial score (nSPS) is 14.5. The van der Waals surface area contributed by atoms with Crippen molar-refractivity contribution in [1.29, 1.82) is 0 Å². The average Bonchev–Trinajstić information content (AvgIpc) is 1.95. The van der Waals surface area contributed by atoms with Crippen LogP contribution in [0.15, 0.2) is 0 Å². The molecule has 0 amide bonds. The van der Waals surface area contributed by atoms with Gasteiger partial charge in [0, 0.05) is 0 Å². The molecule has 0 bridgehead atoms. The Morgan fingerprint density at radius 2 is 1.60 bits per heavy atom. The predicted octanol–water partition coefficient (Wildman–Crippen LogP) is 3.65. The van der Waals surface area contributed by atoms with Gasteiger partial charge in [-0.3, -0.25) is 4.79 Å². The molecule has 0 spiro atoms. The molecular formula is C13H26O2. The molecule has 90 valence electrons. The Bertz CT molecular complexity index is 199. The molecule has 0 aliphatic heterocycles. The maximum absolute atomic E-state index is 11.9. The van der Waals surface area contributed by atoms with Crippen molar-refractivity contribution < 1.29 is 9.53 Å². The van der Waals surface area contributed by atoms with E-state index >= 15 is 0 Å². The van der Waals surface area contributed by atoms with E-state index in [-0.39, 0.29) is 23.4 Å². The second-order valence-electron chi connectivity index (χ2n) is 6.03. The smallest absolute Gasteiger partial charge is 0.309 e. The van der Waals surface area contributed by atoms with Crippen LogP contribution in [-0.4, -0.2) is 12.1 Å². The quantitative estimate of drug-likeness (QED) is 0.668. The minimum atomic E-state index is -0.0498. The first-order valence-electron chi connectivity index (χ1n) is 5.85. The summed E-state index contributed by atoms with van der Waals surface area (Å²) in [7, 11) is 0. The van der Waals surface area contributed by atoms with Crippen molar-refractivity contribution in [2.75, 3.05) is 0 Å². The monoisotopic (exact) mass is 214 g/mol. The van der Waals surface area contributed by atoms with Crippen molar-refractivity contribution >= 4 is 5.97 Å². The van der Waals surface area contributed by atoms with Gasteiger partial charge in [0.05, 0.1) is 12.0 Å². The summed E-state index contributed by atoms with van der Waals surface area (Å²) in [5.41, 5.74) is -0.0176. The Balaban J connectivity index is 4.56. The molecule has 0 saturated carbocycles. The first kappa shape index (κ1) is 14.5. The molecule has 0 unspecified atom stereocenters. The SMILES string of the molecule is CC(C)C[C@@H](C(=O)OC(C)C)C(C)(C)C. The van der Waals surface area contributed by atoms with Crippen LogP contribution in [-0.2, 0) is 9.53 Å². The number of carbonyl (C=O) groups is 1. The minimum absolute atomic E-state index is 0.0000926. The summed E-state index contributed by atoms with van der Waals surface area (Å²) in [4.78, 5) is 11.9. The fourth-order valence-corrected chi connectivity index (χ4v) is 1.59. The summed E-state index contributed by atoms with van der Waals surface area (Å²) in [5.74, 6) is 0.472. The molecule has 0 heterocycles. The molecule has 0 aliphatic carbocycles. The van der Waals surface area contributed by atoms with Crippen molar-refractivity contribution in [3.8, 4) is 0 Å². The molecule has 1 atom stereocenters. The highest BCUT2D eigenvalue weighted by Gasteiger charge is 2.33. The lowest BCUT2D eigenvalue weighted by Gasteiger charge is -2.30. The first-order chi connectivity index (χ1) is 6.64. The second kappa shape index (κ2) is 5.53. The third-order valence-electron chi connectivity index (χ3n) is 2.39. The molecule has 0 aromatic heterocycles. The standard InChI is InChI=1S/C13H26O2/c1-9(2)8-11(13(5,6)7)12(14)15-10(3)4/h9-11H,8H2,1-7H3/t11-/m0/s1. The number of esters is 1. The Kier molecular flexibility index (Phi) is 5.33. The molecule has 0 rings (SSSR count). The van der Waals surface area contributed by atoms with Gasteiger partial charge in [-0.2, -0.15) is 0 Å². The molecule has 0 fully saturated rings. The van der Waals surface area contributed by atoms with E-state index in [1.54, 1.807) is 0 Å². The number of carbonyl (C=O) groups excluding carboxylic acids is 1. The van der Waals surface area contributed by atoms with Crippen molar-refractivity contribution in [2.24, 2.45) is 17.3 Å². The topological polar surface area (TPSA) is 26.3 Å². The zero-order valence-corrected chi connectivity index (χ0v) is 11.3. The van der Waals surface area contributed by atoms with Crippen LogP contribution in [0.25, 0.3) is 0 Å². The van der Waals surface area contributed by atoms with Gasteiger partial charge in [-0.1, -0.05) is 34.6 Å². The lowest BCUT2D eigenvalue weighted by Crippen LogP contribution is -2.32. The summed E-state index contributed by atoms with van der Waals surface area (Å²) < 4.78 is 5.30. The lowest BCUT2D eigenvalue weighted by molar-refractivity contribution is -0.157. The summed E-state index contributed by atoms with van der Waals surface area (Å²) in [5, 5.41) is 0. The highest BCUT2D eigenvalue weighted by molar-refractivity contribution is 5.73. The highest BCUT2D eigenvalue weighted by Crippen LogP contribution is 2.32. The fourth-order valence-electron chi connectivity index (χ4n) is 1.59. The molecule has 0 aromatic rings. The lowest BCUT2D eigenvalue weighted by atomic mass is 9.76. The highest BCUT2D eigenvalue weighted by atomic mass is 16.5. The van der Waals surface area contributed by atoms with Crippen LogP contribution >= 0.6 is 0 Å². The van der Waals surface area contributed by atoms with Crippen molar-refractivity contribution in [3.63, 3.8) is 0 Å². The molecule has 2 nitrogen and oxygen atoms in total. The predicted molar refractivity (Wildman–Crippen MR) is 63.6 cm³/mol. The fraction of sp³-hybridized carbons (Fsp3) is 0.923. The third-order valence-corrected chi connectivity index (χ3v) is 2.39. The maximum Gasteiger partial charge on any atom is 0.309 e. The summed E-state index contributed by atoms with van der Waals surface area (Å²) in [6.07, 6.45) is 0.879. The average molecular weight is 214 g/mol. The van der Waals surface area contributed by atoms with Crippen molar-refractivity contribution in [2.45, 2.75) is 61.0 Å². The zero-order valence-electron chi connectivity index (χ0n) is 11.3. The van der Waals surface area contributed by atoms with Gasteiger partial charge in [-0.15, -0.1) is 0 Å². The molecule has 0 aromatic carbocycles. The summed E-state index contributed by atoms with van der Waals surface area (Å²) >= 11 is 0. The van der Waals surface area contributed by atoms with Crippen LogP contribution in [0.5, 0.6) is 0 Å². The third kappa shape index (κ3) is 5.81. The largest absolute Gasteiger partial charge is 0.463 e. The zero-order chi connectivity index (χ0) is 12.2. The number of hydrogen-bond acceptors (Lipinski definition) is 2. The van der Waals surface area contributed by atoms with E-state index in [1.165, 1.54) is 0 Å². The van der Waals surface area contributed by atoms with Crippen LogP contribution in [0.4, 0.5) is 0 Å². The summed E-state index contributed by atoms with van der Waals surface area (Å²) in [6, 6.07) is 0. The van der Waals surface area contributed by atoms with E-state index in [4.69, 9.17) is 4.74 Å². The van der Waals surface area contributed by atoms with Gasteiger partial charge in [0.15, 0.2) is 0 Å². The van der Waals surface area contributed by atoms with Crippen LogP contribution in [0.1, 0.15) is 54.9 Å². The second-order valence-corrected chi connectivity index (χ2v) is 6.03. The Labute approximate surface area is 94.4 Å². The first-order valence-corrected chi connectivity index (χ1v) is 5.85. The van der Waals surface area contributed by atoms with Gasteiger partial charge < -0.3 is 4.74 Å². The van der Waals surface area contributed by atoms with Gasteiger partial charge in [0.1, 0.15) is 0 Å². The van der Waals surface area contributed by atoms with Gasteiger partial charge in [-0.05, 0) is 31.6 Å². The minimum Gasteiger partial charge on any atom is -0.463 e. The van der Waals surface area contributed by atoms with E-state index in [0.717, 1.165) is 6.42 Å². The van der Waals surface area contributed by atoms with Crippen molar-refractivity contribution in [3.05, 3.63) is 0 Å². The van der Waals surface area contributed by atoms with Gasteiger partial charge in [0.25, 0.3) is 0 Å². The Hall–Kier alpha value is -0.530. The van der Waals surface area contributed by atoms with E-state index in [2.05, 4.69) is 34.6 Å². The molecule has 0 radical (unpaired) electrons. The van der Waals surface area contributed by atoms with E-state index in [1.807, 2.05) is 13.8 Å². The van der Waals surface area contributed by atoms with Crippen LogP contribution < -0.4 is 0 Å². The van der Waals surface area contributed by atoms with Crippen LogP contribution in [0.3, 0.4) is 0 Å². The molecule has 0 aliphatic rings. The maximum atomic E-state index is 11.9. The van der Waals surface area contributed by atoms with Gasteiger partial charge in [-0.25, -0.2) is 0 Å². The molecule has 15 heavy (non-hydrogen) atoms. The van der Waals surface area contributed by atoms with Gasteiger partial charge in [0.2, 0.25) is 0 Å². The van der Waals surface area contributed by atoms with E-state index in [9.17, 15) is 4.79 Å². The number of hydrogen-bond donors (Lipinski definition) is 0. The molecule has 0 saturated heterocycles. The van der Waals surface area contributed by atoms with Crippen LogP contribution in [0, 0.1) is 17.3 Å². The Morgan fingerprint density at radius 1 is 1.13 bits per heavy atom. The van der Waals surface area contributed by atoms with Gasteiger partial charge >= 0.3 is 5.97 Å². The number of rotatable bonds is 4. The van der Waals surface area contributed by atoms with E-state index in [0.29, 0.717) is 5.92 Å². The Morgan fingerprint density at radius 3 is 1.87 bits per heavy atom. The van der Waals surface area contributed by atoms with Crippen molar-refractivity contribution in [1.82, 2.24) is 0 Å². The molecule has 0 N–H and O–H groups in total. The number of ether oxygens (including phenoxy) is 1. The van der Waals surface area contributed by atoms with Crippen LogP contribution in [0.2, 0.25) is 0 Å². The molecule has 2 heteroatoms.